The van der Waals surface area contributed by atoms with Crippen molar-refractivity contribution in [2.24, 2.45) is 0 Å². The van der Waals surface area contributed by atoms with Gasteiger partial charge in [0.05, 0.1) is 7.11 Å². The lowest BCUT2D eigenvalue weighted by molar-refractivity contribution is 0.0937. The zero-order valence-electron chi connectivity index (χ0n) is 16.1. The number of hydrogen-bond donors (Lipinski definition) is 1. The van der Waals surface area contributed by atoms with E-state index in [1.54, 1.807) is 55.6 Å². The minimum atomic E-state index is -0.613. The molecule has 1 aromatic heterocycles. The summed E-state index contributed by atoms with van der Waals surface area (Å²) in [5, 5.41) is 11.9. The van der Waals surface area contributed by atoms with Gasteiger partial charge in [0.15, 0.2) is 0 Å². The molecule has 0 spiro atoms. The van der Waals surface area contributed by atoms with E-state index in [2.05, 4.69) is 15.5 Å². The lowest BCUT2D eigenvalue weighted by Crippen LogP contribution is -2.29. The van der Waals surface area contributed by atoms with Gasteiger partial charge < -0.3 is 14.5 Å². The third kappa shape index (κ3) is 4.34. The first-order chi connectivity index (χ1) is 14.6. The van der Waals surface area contributed by atoms with Crippen LogP contribution in [0, 0.1) is 0 Å². The molecule has 6 nitrogen and oxygen atoms in total. The Morgan fingerprint density at radius 1 is 1.00 bits per heavy atom. The van der Waals surface area contributed by atoms with Crippen molar-refractivity contribution in [1.82, 2.24) is 15.5 Å². The number of carbonyl (C=O) groups is 1. The number of aromatic nitrogens is 2. The van der Waals surface area contributed by atoms with Gasteiger partial charge in [-0.05, 0) is 48.0 Å². The van der Waals surface area contributed by atoms with Crippen LogP contribution >= 0.6 is 11.6 Å². The number of nitrogens with one attached hydrogen (secondary N) is 1. The predicted octanol–water partition coefficient (Wildman–Crippen LogP) is 4.92. The number of carbonyl (C=O) groups excluding carboxylic acids is 1. The molecule has 7 heteroatoms. The number of methoxy groups -OCH3 is 1. The van der Waals surface area contributed by atoms with E-state index >= 15 is 0 Å². The van der Waals surface area contributed by atoms with Crippen LogP contribution in [0.2, 0.25) is 5.02 Å². The van der Waals surface area contributed by atoms with Crippen LogP contribution in [-0.4, -0.2) is 23.2 Å². The van der Waals surface area contributed by atoms with Gasteiger partial charge in [0.1, 0.15) is 11.8 Å². The molecule has 0 aliphatic rings. The second-order valence-electron chi connectivity index (χ2n) is 6.50. The number of hydrogen-bond acceptors (Lipinski definition) is 5. The average Bonchev–Trinajstić information content (AvgIpc) is 3.28. The lowest BCUT2D eigenvalue weighted by Gasteiger charge is -2.16. The first-order valence-electron chi connectivity index (χ1n) is 9.23. The standard InChI is InChI=1S/C23H18ClN3O3/c1-29-19-9-5-8-17(14-19)21(28)25-20(15-6-3-2-4-7-15)23-27-26-22(30-23)16-10-12-18(24)13-11-16/h2-14,20H,1H3,(H,25,28)/t20-/m0/s1. The molecule has 0 aliphatic heterocycles. The molecular weight excluding hydrogens is 402 g/mol. The second kappa shape index (κ2) is 8.80. The highest BCUT2D eigenvalue weighted by Gasteiger charge is 2.24. The number of benzene rings is 3. The summed E-state index contributed by atoms with van der Waals surface area (Å²) in [6.07, 6.45) is 0. The van der Waals surface area contributed by atoms with Crippen LogP contribution in [-0.2, 0) is 0 Å². The van der Waals surface area contributed by atoms with Crippen LogP contribution in [0.4, 0.5) is 0 Å². The van der Waals surface area contributed by atoms with E-state index in [1.807, 2.05) is 30.3 Å². The molecule has 150 valence electrons. The molecule has 3 aromatic carbocycles. The first-order valence-corrected chi connectivity index (χ1v) is 9.61. The SMILES string of the molecule is COc1cccc(C(=O)N[C@@H](c2ccccc2)c2nnc(-c3ccc(Cl)cc3)o2)c1. The third-order valence-corrected chi connectivity index (χ3v) is 4.77. The predicted molar refractivity (Wildman–Crippen MR) is 113 cm³/mol. The highest BCUT2D eigenvalue weighted by atomic mass is 35.5. The van der Waals surface area contributed by atoms with Crippen LogP contribution in [0.1, 0.15) is 27.9 Å². The fraction of sp³-hybridized carbons (Fsp3) is 0.0870. The Morgan fingerprint density at radius 2 is 1.77 bits per heavy atom. The summed E-state index contributed by atoms with van der Waals surface area (Å²) >= 11 is 5.95. The van der Waals surface area contributed by atoms with Crippen molar-refractivity contribution in [1.29, 1.82) is 0 Å². The van der Waals surface area contributed by atoms with E-state index in [0.29, 0.717) is 22.2 Å². The zero-order chi connectivity index (χ0) is 20.9. The fourth-order valence-electron chi connectivity index (χ4n) is 2.97. The van der Waals surface area contributed by atoms with E-state index in [0.717, 1.165) is 11.1 Å². The normalized spacial score (nSPS) is 11.7. The minimum Gasteiger partial charge on any atom is -0.497 e. The van der Waals surface area contributed by atoms with E-state index < -0.39 is 6.04 Å². The highest BCUT2D eigenvalue weighted by Crippen LogP contribution is 2.26. The molecule has 1 heterocycles. The molecule has 0 aliphatic carbocycles. The molecule has 0 saturated heterocycles. The van der Waals surface area contributed by atoms with Crippen LogP contribution in [0.15, 0.2) is 83.3 Å². The minimum absolute atomic E-state index is 0.280. The summed E-state index contributed by atoms with van der Waals surface area (Å²) in [5.74, 6) is 0.941. The van der Waals surface area contributed by atoms with Crippen LogP contribution in [0.3, 0.4) is 0 Å². The van der Waals surface area contributed by atoms with Crippen LogP contribution in [0.5, 0.6) is 5.75 Å². The highest BCUT2D eigenvalue weighted by molar-refractivity contribution is 6.30. The Balaban J connectivity index is 1.66. The van der Waals surface area contributed by atoms with Crippen molar-refractivity contribution < 1.29 is 13.9 Å². The van der Waals surface area contributed by atoms with Crippen molar-refractivity contribution in [3.8, 4) is 17.2 Å². The van der Waals surface area contributed by atoms with Gasteiger partial charge in [0, 0.05) is 16.1 Å². The molecule has 0 bridgehead atoms. The smallest absolute Gasteiger partial charge is 0.252 e. The van der Waals surface area contributed by atoms with Gasteiger partial charge in [-0.25, -0.2) is 0 Å². The van der Waals surface area contributed by atoms with E-state index in [9.17, 15) is 4.79 Å². The Bertz CT molecular complexity index is 1140. The topological polar surface area (TPSA) is 77.2 Å². The molecule has 1 amide bonds. The van der Waals surface area contributed by atoms with Gasteiger partial charge >= 0.3 is 0 Å². The molecule has 1 atom stereocenters. The quantitative estimate of drug-likeness (QED) is 0.480. The van der Waals surface area contributed by atoms with E-state index in [1.165, 1.54) is 0 Å². The molecule has 0 radical (unpaired) electrons. The maximum Gasteiger partial charge on any atom is 0.252 e. The Kier molecular flexibility index (Phi) is 5.77. The van der Waals surface area contributed by atoms with Gasteiger partial charge in [0.2, 0.25) is 11.8 Å². The maximum atomic E-state index is 12.9. The van der Waals surface area contributed by atoms with Gasteiger partial charge in [-0.3, -0.25) is 4.79 Å². The molecule has 30 heavy (non-hydrogen) atoms. The molecule has 0 unspecified atom stereocenters. The van der Waals surface area contributed by atoms with E-state index in [-0.39, 0.29) is 11.8 Å². The van der Waals surface area contributed by atoms with Gasteiger partial charge in [0.25, 0.3) is 5.91 Å². The molecule has 1 N–H and O–H groups in total. The largest absolute Gasteiger partial charge is 0.497 e. The van der Waals surface area contributed by atoms with Gasteiger partial charge in [-0.1, -0.05) is 48.0 Å². The van der Waals surface area contributed by atoms with Crippen molar-refractivity contribution in [3.05, 3.63) is 101 Å². The molecule has 0 fully saturated rings. The van der Waals surface area contributed by atoms with Gasteiger partial charge in [-0.2, -0.15) is 0 Å². The van der Waals surface area contributed by atoms with Crippen LogP contribution < -0.4 is 10.1 Å². The van der Waals surface area contributed by atoms with Crippen molar-refractivity contribution in [3.63, 3.8) is 0 Å². The average molecular weight is 420 g/mol. The zero-order valence-corrected chi connectivity index (χ0v) is 16.8. The number of amides is 1. The summed E-state index contributed by atoms with van der Waals surface area (Å²) < 4.78 is 11.1. The number of halogens is 1. The molecule has 4 aromatic rings. The summed E-state index contributed by atoms with van der Waals surface area (Å²) in [6, 6.07) is 22.9. The molecular formula is C23H18ClN3O3. The van der Waals surface area contributed by atoms with Crippen molar-refractivity contribution in [2.75, 3.05) is 7.11 Å². The first kappa shape index (κ1) is 19.7. The van der Waals surface area contributed by atoms with E-state index in [4.69, 9.17) is 20.8 Å². The number of ether oxygens (including phenoxy) is 1. The van der Waals surface area contributed by atoms with Crippen LogP contribution in [0.25, 0.3) is 11.5 Å². The van der Waals surface area contributed by atoms with Crippen molar-refractivity contribution >= 4 is 17.5 Å². The summed E-state index contributed by atoms with van der Waals surface area (Å²) in [6.45, 7) is 0. The third-order valence-electron chi connectivity index (χ3n) is 4.52. The fourth-order valence-corrected chi connectivity index (χ4v) is 3.10. The molecule has 0 saturated carbocycles. The second-order valence-corrected chi connectivity index (χ2v) is 6.94. The summed E-state index contributed by atoms with van der Waals surface area (Å²) in [5.41, 5.74) is 2.02. The van der Waals surface area contributed by atoms with Crippen molar-refractivity contribution in [2.45, 2.75) is 6.04 Å². The Hall–Kier alpha value is -3.64. The Labute approximate surface area is 178 Å². The maximum absolute atomic E-state index is 12.9. The number of nitrogens with zero attached hydrogens (tertiary/aromatic N) is 2. The monoisotopic (exact) mass is 419 g/mol. The summed E-state index contributed by atoms with van der Waals surface area (Å²) in [4.78, 5) is 12.9. The van der Waals surface area contributed by atoms with Gasteiger partial charge in [-0.15, -0.1) is 10.2 Å². The lowest BCUT2D eigenvalue weighted by atomic mass is 10.1. The number of rotatable bonds is 6. The Morgan fingerprint density at radius 3 is 2.50 bits per heavy atom. The molecule has 4 rings (SSSR count). The summed E-state index contributed by atoms with van der Waals surface area (Å²) in [7, 11) is 1.56.